The predicted octanol–water partition coefficient (Wildman–Crippen LogP) is 2.87. The van der Waals surface area contributed by atoms with Gasteiger partial charge in [0.25, 0.3) is 11.8 Å². The molecule has 0 spiro atoms. The molecule has 2 aromatic rings. The molecule has 0 saturated heterocycles. The van der Waals surface area contributed by atoms with Crippen LogP contribution in [0.5, 0.6) is 0 Å². The summed E-state index contributed by atoms with van der Waals surface area (Å²) in [5, 5.41) is 7.16. The smallest absolute Gasteiger partial charge is 0.259 e. The largest absolute Gasteiger partial charge is 0.343 e. The van der Waals surface area contributed by atoms with Gasteiger partial charge in [-0.05, 0) is 29.8 Å². The zero-order valence-electron chi connectivity index (χ0n) is 11.9. The van der Waals surface area contributed by atoms with E-state index < -0.39 is 11.8 Å². The summed E-state index contributed by atoms with van der Waals surface area (Å²) in [7, 11) is 0. The Morgan fingerprint density at radius 2 is 1.87 bits per heavy atom. The highest BCUT2D eigenvalue weighted by molar-refractivity contribution is 6.33. The van der Waals surface area contributed by atoms with E-state index in [4.69, 9.17) is 23.2 Å². The lowest BCUT2D eigenvalue weighted by molar-refractivity contribution is -0.120. The van der Waals surface area contributed by atoms with Gasteiger partial charge < -0.3 is 5.32 Å². The summed E-state index contributed by atoms with van der Waals surface area (Å²) in [6.07, 6.45) is 1.46. The maximum atomic E-state index is 11.9. The fourth-order valence-electron chi connectivity index (χ4n) is 1.71. The van der Waals surface area contributed by atoms with Crippen molar-refractivity contribution in [2.75, 3.05) is 6.54 Å². The number of rotatable bonds is 5. The summed E-state index contributed by atoms with van der Waals surface area (Å²) in [5.41, 5.74) is 3.37. The van der Waals surface area contributed by atoms with Crippen molar-refractivity contribution in [1.82, 2.24) is 10.7 Å². The maximum absolute atomic E-state index is 11.9. The van der Waals surface area contributed by atoms with Gasteiger partial charge in [0.05, 0.1) is 23.3 Å². The van der Waals surface area contributed by atoms with E-state index >= 15 is 0 Å². The summed E-state index contributed by atoms with van der Waals surface area (Å²) in [4.78, 5) is 23.5. The first-order valence-corrected chi connectivity index (χ1v) is 7.42. The van der Waals surface area contributed by atoms with Crippen molar-refractivity contribution < 1.29 is 9.59 Å². The van der Waals surface area contributed by atoms with Crippen molar-refractivity contribution in [1.29, 1.82) is 0 Å². The molecule has 118 valence electrons. The fourth-order valence-corrected chi connectivity index (χ4v) is 2.13. The highest BCUT2D eigenvalue weighted by atomic mass is 35.5. The van der Waals surface area contributed by atoms with Gasteiger partial charge in [0.1, 0.15) is 0 Å². The van der Waals surface area contributed by atoms with Gasteiger partial charge in [-0.15, -0.1) is 0 Å². The highest BCUT2D eigenvalue weighted by Crippen LogP contribution is 2.14. The molecule has 2 amide bonds. The van der Waals surface area contributed by atoms with Crippen LogP contribution >= 0.6 is 23.2 Å². The number of carbonyl (C=O) groups excluding carboxylic acids is 2. The van der Waals surface area contributed by atoms with Crippen molar-refractivity contribution in [3.63, 3.8) is 0 Å². The predicted molar refractivity (Wildman–Crippen MR) is 91.0 cm³/mol. The van der Waals surface area contributed by atoms with Gasteiger partial charge in [0, 0.05) is 5.02 Å². The van der Waals surface area contributed by atoms with E-state index in [0.717, 1.165) is 5.56 Å². The molecule has 2 rings (SSSR count). The molecular formula is C16H13Cl2N3O2. The minimum atomic E-state index is -0.455. The van der Waals surface area contributed by atoms with Gasteiger partial charge >= 0.3 is 0 Å². The molecule has 23 heavy (non-hydrogen) atoms. The normalized spacial score (nSPS) is 10.5. The summed E-state index contributed by atoms with van der Waals surface area (Å²) in [6.45, 7) is -0.211. The van der Waals surface area contributed by atoms with Gasteiger partial charge in [-0.1, -0.05) is 47.5 Å². The molecule has 5 nitrogen and oxygen atoms in total. The lowest BCUT2D eigenvalue weighted by Gasteiger charge is -2.05. The monoisotopic (exact) mass is 349 g/mol. The molecule has 0 aliphatic carbocycles. The first kappa shape index (κ1) is 17.0. The molecule has 0 saturated carbocycles. The molecular weight excluding hydrogens is 337 g/mol. The van der Waals surface area contributed by atoms with E-state index in [2.05, 4.69) is 15.8 Å². The standard InChI is InChI=1S/C16H13Cl2N3O2/c17-12-5-3-4-11(8-12)9-20-21-15(22)10-19-16(23)13-6-1-2-7-14(13)18/h1-9H,10H2,(H,19,23)(H,21,22)/b20-9-. The number of benzene rings is 2. The van der Waals surface area contributed by atoms with E-state index in [1.807, 2.05) is 0 Å². The van der Waals surface area contributed by atoms with Gasteiger partial charge in [0.2, 0.25) is 0 Å². The van der Waals surface area contributed by atoms with Gasteiger partial charge in [-0.25, -0.2) is 5.43 Å². The van der Waals surface area contributed by atoms with Crippen LogP contribution in [0.3, 0.4) is 0 Å². The lowest BCUT2D eigenvalue weighted by atomic mass is 10.2. The molecule has 0 aromatic heterocycles. The van der Waals surface area contributed by atoms with Gasteiger partial charge in [-0.2, -0.15) is 5.10 Å². The fraction of sp³-hybridized carbons (Fsp3) is 0.0625. The Balaban J connectivity index is 1.81. The third-order valence-electron chi connectivity index (χ3n) is 2.78. The number of amides is 2. The number of nitrogens with zero attached hydrogens (tertiary/aromatic N) is 1. The van der Waals surface area contributed by atoms with Crippen LogP contribution in [-0.4, -0.2) is 24.6 Å². The second kappa shape index (κ2) is 8.31. The minimum absolute atomic E-state index is 0.211. The third-order valence-corrected chi connectivity index (χ3v) is 3.34. The van der Waals surface area contributed by atoms with Gasteiger partial charge in [-0.3, -0.25) is 9.59 Å². The van der Waals surface area contributed by atoms with Crippen molar-refractivity contribution >= 4 is 41.2 Å². The zero-order valence-corrected chi connectivity index (χ0v) is 13.4. The average molecular weight is 350 g/mol. The summed E-state index contributed by atoms with van der Waals surface area (Å²) < 4.78 is 0. The molecule has 0 aliphatic heterocycles. The quantitative estimate of drug-likeness (QED) is 0.643. The maximum Gasteiger partial charge on any atom is 0.259 e. The molecule has 0 heterocycles. The number of nitrogens with one attached hydrogen (secondary N) is 2. The Morgan fingerprint density at radius 3 is 2.61 bits per heavy atom. The summed E-state index contributed by atoms with van der Waals surface area (Å²) in [5.74, 6) is -0.881. The topological polar surface area (TPSA) is 70.6 Å². The first-order chi connectivity index (χ1) is 11.1. The van der Waals surface area contributed by atoms with Crippen LogP contribution in [0.15, 0.2) is 53.6 Å². The number of hydrazone groups is 1. The number of hydrogen-bond acceptors (Lipinski definition) is 3. The lowest BCUT2D eigenvalue weighted by Crippen LogP contribution is -2.35. The van der Waals surface area contributed by atoms with E-state index in [0.29, 0.717) is 15.6 Å². The highest BCUT2D eigenvalue weighted by Gasteiger charge is 2.10. The average Bonchev–Trinajstić information content (AvgIpc) is 2.53. The Hall–Kier alpha value is -2.37. The molecule has 0 atom stereocenters. The summed E-state index contributed by atoms with van der Waals surface area (Å²) >= 11 is 11.7. The SMILES string of the molecule is O=C(CNC(=O)c1ccccc1Cl)N/N=C\c1cccc(Cl)c1. The Morgan fingerprint density at radius 1 is 1.09 bits per heavy atom. The molecule has 0 unspecified atom stereocenters. The van der Waals surface area contributed by atoms with Crippen LogP contribution in [0.4, 0.5) is 0 Å². The number of carbonyl (C=O) groups is 2. The summed E-state index contributed by atoms with van der Waals surface area (Å²) in [6, 6.07) is 13.6. The molecule has 0 aliphatic rings. The molecule has 0 bridgehead atoms. The van der Waals surface area contributed by atoms with E-state index in [9.17, 15) is 9.59 Å². The van der Waals surface area contributed by atoms with E-state index in [1.165, 1.54) is 6.21 Å². The van der Waals surface area contributed by atoms with Crippen molar-refractivity contribution in [2.24, 2.45) is 5.10 Å². The third kappa shape index (κ3) is 5.39. The zero-order chi connectivity index (χ0) is 16.7. The van der Waals surface area contributed by atoms with Crippen molar-refractivity contribution in [3.05, 3.63) is 69.7 Å². The van der Waals surface area contributed by atoms with Crippen molar-refractivity contribution in [2.45, 2.75) is 0 Å². The first-order valence-electron chi connectivity index (χ1n) is 6.66. The second-order valence-electron chi connectivity index (χ2n) is 4.51. The van der Waals surface area contributed by atoms with Crippen LogP contribution < -0.4 is 10.7 Å². The second-order valence-corrected chi connectivity index (χ2v) is 5.35. The van der Waals surface area contributed by atoms with Crippen LogP contribution in [-0.2, 0) is 4.79 Å². The van der Waals surface area contributed by atoms with E-state index in [1.54, 1.807) is 48.5 Å². The minimum Gasteiger partial charge on any atom is -0.343 e. The number of halogens is 2. The number of hydrogen-bond donors (Lipinski definition) is 2. The van der Waals surface area contributed by atoms with Crippen LogP contribution in [0, 0.1) is 0 Å². The molecule has 0 fully saturated rings. The van der Waals surface area contributed by atoms with Crippen LogP contribution in [0.1, 0.15) is 15.9 Å². The molecule has 2 aromatic carbocycles. The Bertz CT molecular complexity index is 748. The van der Waals surface area contributed by atoms with E-state index in [-0.39, 0.29) is 6.54 Å². The van der Waals surface area contributed by atoms with Crippen LogP contribution in [0.25, 0.3) is 0 Å². The molecule has 2 N–H and O–H groups in total. The van der Waals surface area contributed by atoms with Crippen LogP contribution in [0.2, 0.25) is 10.0 Å². The van der Waals surface area contributed by atoms with Crippen molar-refractivity contribution in [3.8, 4) is 0 Å². The molecule has 7 heteroatoms. The Labute approximate surface area is 143 Å². The molecule has 0 radical (unpaired) electrons. The van der Waals surface area contributed by atoms with Gasteiger partial charge in [0.15, 0.2) is 0 Å². The Kier molecular flexibility index (Phi) is 6.14.